The number of methoxy groups -OCH3 is 1. The van der Waals surface area contributed by atoms with Gasteiger partial charge in [-0.2, -0.15) is 0 Å². The summed E-state index contributed by atoms with van der Waals surface area (Å²) in [6.07, 6.45) is 31.8. The van der Waals surface area contributed by atoms with Gasteiger partial charge in [0.1, 0.15) is 0 Å². The first-order valence-corrected chi connectivity index (χ1v) is 17.2. The molecule has 32 heavy (non-hydrogen) atoms. The largest absolute Gasteiger partial charge is 0.382 e. The van der Waals surface area contributed by atoms with E-state index in [2.05, 4.69) is 20.8 Å². The van der Waals surface area contributed by atoms with Gasteiger partial charge in [-0.25, -0.2) is 0 Å². The van der Waals surface area contributed by atoms with Crippen LogP contribution in [-0.2, 0) is 9.47 Å². The molecule has 194 valence electrons. The quantitative estimate of drug-likeness (QED) is 0.0873. The molecule has 0 saturated heterocycles. The van der Waals surface area contributed by atoms with Gasteiger partial charge in [-0.05, 0) is 38.5 Å². The van der Waals surface area contributed by atoms with E-state index in [1.54, 1.807) is 7.11 Å². The SMILES string of the molecule is CCCCCCCC[P+](CCCCCCCC)(CCCCCCCC)CCOCCOC. The van der Waals surface area contributed by atoms with Gasteiger partial charge in [0.2, 0.25) is 0 Å². The van der Waals surface area contributed by atoms with E-state index >= 15 is 0 Å². The fourth-order valence-corrected chi connectivity index (χ4v) is 9.40. The minimum atomic E-state index is -0.877. The highest BCUT2D eigenvalue weighted by molar-refractivity contribution is 7.75. The van der Waals surface area contributed by atoms with E-state index < -0.39 is 7.26 Å². The van der Waals surface area contributed by atoms with Crippen LogP contribution in [0.3, 0.4) is 0 Å². The van der Waals surface area contributed by atoms with Crippen LogP contribution in [0.2, 0.25) is 0 Å². The normalized spacial score (nSPS) is 12.0. The van der Waals surface area contributed by atoms with Crippen molar-refractivity contribution in [3.63, 3.8) is 0 Å². The molecule has 2 nitrogen and oxygen atoms in total. The van der Waals surface area contributed by atoms with E-state index in [-0.39, 0.29) is 0 Å². The van der Waals surface area contributed by atoms with E-state index in [0.29, 0.717) is 0 Å². The summed E-state index contributed by atoms with van der Waals surface area (Å²) < 4.78 is 11.2. The van der Waals surface area contributed by atoms with Crippen LogP contribution < -0.4 is 0 Å². The first kappa shape index (κ1) is 32.4. The lowest BCUT2D eigenvalue weighted by Gasteiger charge is -2.28. The van der Waals surface area contributed by atoms with Crippen molar-refractivity contribution >= 4 is 7.26 Å². The Kier molecular flexibility index (Phi) is 26.2. The maximum atomic E-state index is 6.01. The summed E-state index contributed by atoms with van der Waals surface area (Å²) in [6.45, 7) is 9.43. The van der Waals surface area contributed by atoms with Gasteiger partial charge in [0, 0.05) is 14.4 Å². The van der Waals surface area contributed by atoms with Crippen LogP contribution in [0.4, 0.5) is 0 Å². The predicted molar refractivity (Wildman–Crippen MR) is 149 cm³/mol. The molecule has 0 rings (SSSR count). The first-order chi connectivity index (χ1) is 15.7. The zero-order valence-electron chi connectivity index (χ0n) is 22.9. The zero-order valence-corrected chi connectivity index (χ0v) is 23.8. The molecule has 0 aromatic carbocycles. The van der Waals surface area contributed by atoms with E-state index in [0.717, 1.165) is 19.8 Å². The van der Waals surface area contributed by atoms with E-state index in [1.165, 1.54) is 140 Å². The van der Waals surface area contributed by atoms with Crippen molar-refractivity contribution in [1.29, 1.82) is 0 Å². The third-order valence-electron chi connectivity index (χ3n) is 7.10. The van der Waals surface area contributed by atoms with Crippen LogP contribution in [-0.4, -0.2) is 51.6 Å². The number of hydrogen-bond donors (Lipinski definition) is 0. The Hall–Kier alpha value is 0.350. The molecule has 0 aliphatic carbocycles. The molecule has 0 N–H and O–H groups in total. The number of unbranched alkanes of at least 4 members (excludes halogenated alkanes) is 15. The highest BCUT2D eigenvalue weighted by atomic mass is 31.2. The molecule has 0 saturated carbocycles. The van der Waals surface area contributed by atoms with Crippen molar-refractivity contribution < 1.29 is 9.47 Å². The molecule has 0 aromatic rings. The van der Waals surface area contributed by atoms with Gasteiger partial charge >= 0.3 is 0 Å². The van der Waals surface area contributed by atoms with Gasteiger partial charge in [-0.3, -0.25) is 0 Å². The summed E-state index contributed by atoms with van der Waals surface area (Å²) in [7, 11) is 0.897. The summed E-state index contributed by atoms with van der Waals surface area (Å²) in [5, 5.41) is 0. The standard InChI is InChI=1S/C29H62O2P/c1-5-8-11-14-17-20-26-32(29-25-31-24-23-30-4,27-21-18-15-12-9-6-2)28-22-19-16-13-10-7-3/h5-29H2,1-4H3/q+1. The topological polar surface area (TPSA) is 18.5 Å². The second-order valence-electron chi connectivity index (χ2n) is 10.1. The molecule has 0 aliphatic heterocycles. The lowest BCUT2D eigenvalue weighted by molar-refractivity contribution is 0.0785. The van der Waals surface area contributed by atoms with Crippen LogP contribution in [0.1, 0.15) is 136 Å². The molecule has 0 spiro atoms. The maximum absolute atomic E-state index is 6.01. The van der Waals surface area contributed by atoms with Crippen LogP contribution >= 0.6 is 7.26 Å². The van der Waals surface area contributed by atoms with Gasteiger partial charge in [-0.1, -0.05) is 97.8 Å². The predicted octanol–water partition coefficient (Wildman–Crippen LogP) is 9.75. The summed E-state index contributed by atoms with van der Waals surface area (Å²) >= 11 is 0. The van der Waals surface area contributed by atoms with E-state index in [4.69, 9.17) is 9.47 Å². The molecular weight excluding hydrogens is 411 g/mol. The Balaban J connectivity index is 4.72. The minimum Gasteiger partial charge on any atom is -0.382 e. The highest BCUT2D eigenvalue weighted by Gasteiger charge is 2.35. The molecule has 0 fully saturated rings. The summed E-state index contributed by atoms with van der Waals surface area (Å²) in [4.78, 5) is 0. The van der Waals surface area contributed by atoms with Crippen LogP contribution in [0.15, 0.2) is 0 Å². The molecule has 0 amide bonds. The lowest BCUT2D eigenvalue weighted by Crippen LogP contribution is -2.17. The molecule has 0 heterocycles. The fraction of sp³-hybridized carbons (Fsp3) is 1.00. The van der Waals surface area contributed by atoms with Crippen LogP contribution in [0.5, 0.6) is 0 Å². The number of rotatable bonds is 27. The second-order valence-corrected chi connectivity index (χ2v) is 14.6. The van der Waals surface area contributed by atoms with Crippen molar-refractivity contribution in [2.24, 2.45) is 0 Å². The monoisotopic (exact) mass is 473 g/mol. The average Bonchev–Trinajstić information content (AvgIpc) is 2.80. The molecule has 0 radical (unpaired) electrons. The molecule has 0 bridgehead atoms. The van der Waals surface area contributed by atoms with Gasteiger partial charge in [0.25, 0.3) is 0 Å². The van der Waals surface area contributed by atoms with E-state index in [9.17, 15) is 0 Å². The Morgan fingerprint density at radius 2 is 0.781 bits per heavy atom. The molecule has 0 atom stereocenters. The van der Waals surface area contributed by atoms with Crippen molar-refractivity contribution in [1.82, 2.24) is 0 Å². The second kappa shape index (κ2) is 26.0. The summed E-state index contributed by atoms with van der Waals surface area (Å²) in [5.41, 5.74) is 0. The highest BCUT2D eigenvalue weighted by Crippen LogP contribution is 2.60. The van der Waals surface area contributed by atoms with Gasteiger partial charge < -0.3 is 9.47 Å². The molecule has 0 aromatic heterocycles. The Labute approximate surface area is 204 Å². The third kappa shape index (κ3) is 20.9. The molecular formula is C29H62O2P+. The Morgan fingerprint density at radius 1 is 0.406 bits per heavy atom. The summed E-state index contributed by atoms with van der Waals surface area (Å²) in [6, 6.07) is 0. The number of ether oxygens (including phenoxy) is 2. The zero-order chi connectivity index (χ0) is 23.6. The van der Waals surface area contributed by atoms with Crippen molar-refractivity contribution in [3.05, 3.63) is 0 Å². The summed E-state index contributed by atoms with van der Waals surface area (Å²) in [5.74, 6) is 0. The molecule has 0 unspecified atom stereocenters. The van der Waals surface area contributed by atoms with E-state index in [1.807, 2.05) is 0 Å². The Morgan fingerprint density at radius 3 is 1.16 bits per heavy atom. The van der Waals surface area contributed by atoms with Crippen LogP contribution in [0.25, 0.3) is 0 Å². The molecule has 0 aliphatic rings. The van der Waals surface area contributed by atoms with Crippen molar-refractivity contribution in [3.8, 4) is 0 Å². The van der Waals surface area contributed by atoms with Gasteiger partial charge in [0.05, 0.1) is 44.5 Å². The lowest BCUT2D eigenvalue weighted by atomic mass is 10.1. The first-order valence-electron chi connectivity index (χ1n) is 14.7. The smallest absolute Gasteiger partial charge is 0.0828 e. The minimum absolute atomic E-state index is 0.734. The van der Waals surface area contributed by atoms with Crippen LogP contribution in [0, 0.1) is 0 Å². The van der Waals surface area contributed by atoms with Gasteiger partial charge in [-0.15, -0.1) is 0 Å². The maximum Gasteiger partial charge on any atom is 0.0828 e. The van der Waals surface area contributed by atoms with Crippen molar-refractivity contribution in [2.75, 3.05) is 51.6 Å². The average molecular weight is 474 g/mol. The number of hydrogen-bond acceptors (Lipinski definition) is 2. The third-order valence-corrected chi connectivity index (χ3v) is 12.0. The van der Waals surface area contributed by atoms with Crippen molar-refractivity contribution in [2.45, 2.75) is 136 Å². The van der Waals surface area contributed by atoms with Gasteiger partial charge in [0.15, 0.2) is 0 Å². The Bertz CT molecular complexity index is 307. The fourth-order valence-electron chi connectivity index (χ4n) is 4.86. The molecule has 3 heteroatoms.